The Kier molecular flexibility index (Phi) is 4.65. The Morgan fingerprint density at radius 2 is 2.10 bits per heavy atom. The Labute approximate surface area is 123 Å². The van der Waals surface area contributed by atoms with E-state index in [0.29, 0.717) is 17.1 Å². The number of nitrogens with zero attached hydrogens (tertiary/aromatic N) is 2. The fourth-order valence-corrected chi connectivity index (χ4v) is 2.56. The molecule has 1 heterocycles. The standard InChI is InChI=1S/C14H20ClN5/c1-3-20-13(14(15)9(2)19-20)8-12(18-17)10-6-4-5-7-11(10)16/h4-7,12,18H,3,8,16-17H2,1-2H3. The third kappa shape index (κ3) is 2.80. The summed E-state index contributed by atoms with van der Waals surface area (Å²) in [5.41, 5.74) is 12.3. The second-order valence-corrected chi connectivity index (χ2v) is 5.09. The first-order valence-corrected chi connectivity index (χ1v) is 6.98. The van der Waals surface area contributed by atoms with Crippen molar-refractivity contribution in [1.29, 1.82) is 0 Å². The first-order chi connectivity index (χ1) is 9.58. The van der Waals surface area contributed by atoms with E-state index < -0.39 is 0 Å². The monoisotopic (exact) mass is 293 g/mol. The number of nitrogens with one attached hydrogen (secondary N) is 1. The maximum atomic E-state index is 6.34. The van der Waals surface area contributed by atoms with Crippen LogP contribution in [0.25, 0.3) is 0 Å². The second-order valence-electron chi connectivity index (χ2n) is 4.71. The van der Waals surface area contributed by atoms with Crippen molar-refractivity contribution in [3.05, 3.63) is 46.2 Å². The number of hydrogen-bond donors (Lipinski definition) is 3. The van der Waals surface area contributed by atoms with Crippen LogP contribution in [0.15, 0.2) is 24.3 Å². The summed E-state index contributed by atoms with van der Waals surface area (Å²) in [6, 6.07) is 7.58. The molecule has 0 aliphatic rings. The predicted molar refractivity (Wildman–Crippen MR) is 82.3 cm³/mol. The van der Waals surface area contributed by atoms with Gasteiger partial charge in [0.2, 0.25) is 0 Å². The first-order valence-electron chi connectivity index (χ1n) is 6.60. The number of para-hydroxylation sites is 1. The molecule has 0 bridgehead atoms. The highest BCUT2D eigenvalue weighted by molar-refractivity contribution is 6.31. The van der Waals surface area contributed by atoms with Crippen molar-refractivity contribution in [1.82, 2.24) is 15.2 Å². The van der Waals surface area contributed by atoms with Gasteiger partial charge in [-0.3, -0.25) is 16.0 Å². The minimum Gasteiger partial charge on any atom is -0.398 e. The number of nitrogen functional groups attached to an aromatic ring is 1. The van der Waals surface area contributed by atoms with Gasteiger partial charge in [-0.25, -0.2) is 0 Å². The Morgan fingerprint density at radius 1 is 1.40 bits per heavy atom. The molecular formula is C14H20ClN5. The average Bonchev–Trinajstić information content (AvgIpc) is 2.73. The largest absolute Gasteiger partial charge is 0.398 e. The van der Waals surface area contributed by atoms with E-state index in [1.165, 1.54) is 0 Å². The van der Waals surface area contributed by atoms with Gasteiger partial charge in [0.05, 0.1) is 22.5 Å². The molecule has 0 fully saturated rings. The Hall–Kier alpha value is -1.56. The molecule has 0 saturated heterocycles. The molecule has 20 heavy (non-hydrogen) atoms. The first kappa shape index (κ1) is 14.8. The molecule has 1 aromatic heterocycles. The Morgan fingerprint density at radius 3 is 2.70 bits per heavy atom. The zero-order chi connectivity index (χ0) is 14.7. The third-order valence-electron chi connectivity index (χ3n) is 3.42. The van der Waals surface area contributed by atoms with E-state index in [2.05, 4.69) is 10.5 Å². The quantitative estimate of drug-likeness (QED) is 0.448. The number of anilines is 1. The van der Waals surface area contributed by atoms with Crippen LogP contribution in [0.5, 0.6) is 0 Å². The zero-order valence-electron chi connectivity index (χ0n) is 11.7. The van der Waals surface area contributed by atoms with Crippen LogP contribution in [-0.2, 0) is 13.0 Å². The van der Waals surface area contributed by atoms with E-state index in [0.717, 1.165) is 23.5 Å². The molecule has 5 nitrogen and oxygen atoms in total. The average molecular weight is 294 g/mol. The van der Waals surface area contributed by atoms with Crippen LogP contribution in [0.2, 0.25) is 5.02 Å². The maximum Gasteiger partial charge on any atom is 0.0847 e. The van der Waals surface area contributed by atoms with E-state index in [4.69, 9.17) is 23.2 Å². The van der Waals surface area contributed by atoms with E-state index in [9.17, 15) is 0 Å². The van der Waals surface area contributed by atoms with E-state index in [-0.39, 0.29) is 6.04 Å². The summed E-state index contributed by atoms with van der Waals surface area (Å²) in [5.74, 6) is 5.69. The lowest BCUT2D eigenvalue weighted by Gasteiger charge is -2.19. The van der Waals surface area contributed by atoms with Gasteiger partial charge in [0.25, 0.3) is 0 Å². The minimum atomic E-state index is -0.102. The highest BCUT2D eigenvalue weighted by atomic mass is 35.5. The van der Waals surface area contributed by atoms with Crippen LogP contribution < -0.4 is 17.0 Å². The van der Waals surface area contributed by atoms with Crippen LogP contribution in [0.1, 0.15) is 29.9 Å². The molecular weight excluding hydrogens is 274 g/mol. The fraction of sp³-hybridized carbons (Fsp3) is 0.357. The number of rotatable bonds is 5. The smallest absolute Gasteiger partial charge is 0.0847 e. The lowest BCUT2D eigenvalue weighted by atomic mass is 10.0. The molecule has 1 unspecified atom stereocenters. The van der Waals surface area contributed by atoms with Crippen molar-refractivity contribution in [2.75, 3.05) is 5.73 Å². The maximum absolute atomic E-state index is 6.34. The third-order valence-corrected chi connectivity index (χ3v) is 3.91. The molecule has 1 atom stereocenters. The summed E-state index contributed by atoms with van der Waals surface area (Å²) >= 11 is 6.34. The Balaban J connectivity index is 2.34. The lowest BCUT2D eigenvalue weighted by molar-refractivity contribution is 0.518. The normalized spacial score (nSPS) is 12.6. The number of nitrogens with two attached hydrogens (primary N) is 2. The fourth-order valence-electron chi connectivity index (χ4n) is 2.34. The summed E-state index contributed by atoms with van der Waals surface area (Å²) in [7, 11) is 0. The molecule has 0 saturated carbocycles. The molecule has 2 rings (SSSR count). The van der Waals surface area contributed by atoms with E-state index >= 15 is 0 Å². The lowest BCUT2D eigenvalue weighted by Crippen LogP contribution is -2.31. The number of aromatic nitrogens is 2. The van der Waals surface area contributed by atoms with Crippen LogP contribution in [-0.4, -0.2) is 9.78 Å². The van der Waals surface area contributed by atoms with Gasteiger partial charge in [-0.1, -0.05) is 29.8 Å². The van der Waals surface area contributed by atoms with Crippen LogP contribution in [0.4, 0.5) is 5.69 Å². The topological polar surface area (TPSA) is 81.9 Å². The van der Waals surface area contributed by atoms with Crippen LogP contribution >= 0.6 is 11.6 Å². The van der Waals surface area contributed by atoms with Gasteiger partial charge in [-0.05, 0) is 25.5 Å². The zero-order valence-corrected chi connectivity index (χ0v) is 12.5. The van der Waals surface area contributed by atoms with Gasteiger partial charge in [0, 0.05) is 18.7 Å². The number of hydrazine groups is 1. The molecule has 0 amide bonds. The molecule has 0 aliphatic carbocycles. The summed E-state index contributed by atoms with van der Waals surface area (Å²) in [4.78, 5) is 0. The molecule has 108 valence electrons. The number of halogens is 1. The van der Waals surface area contributed by atoms with Gasteiger partial charge in [0.15, 0.2) is 0 Å². The Bertz CT molecular complexity index is 593. The van der Waals surface area contributed by atoms with Crippen molar-refractivity contribution >= 4 is 17.3 Å². The van der Waals surface area contributed by atoms with Crippen molar-refractivity contribution < 1.29 is 0 Å². The van der Waals surface area contributed by atoms with Crippen molar-refractivity contribution in [3.63, 3.8) is 0 Å². The SMILES string of the molecule is CCn1nc(C)c(Cl)c1CC(NN)c1ccccc1N. The summed E-state index contributed by atoms with van der Waals surface area (Å²) in [6.07, 6.45) is 0.637. The van der Waals surface area contributed by atoms with Gasteiger partial charge >= 0.3 is 0 Å². The summed E-state index contributed by atoms with van der Waals surface area (Å²) in [6.45, 7) is 4.71. The molecule has 5 N–H and O–H groups in total. The van der Waals surface area contributed by atoms with Gasteiger partial charge in [-0.15, -0.1) is 0 Å². The highest BCUT2D eigenvalue weighted by Gasteiger charge is 2.19. The summed E-state index contributed by atoms with van der Waals surface area (Å²) < 4.78 is 1.90. The van der Waals surface area contributed by atoms with Crippen molar-refractivity contribution in [2.45, 2.75) is 32.9 Å². The molecule has 0 spiro atoms. The molecule has 0 aliphatic heterocycles. The van der Waals surface area contributed by atoms with Crippen LogP contribution in [0, 0.1) is 6.92 Å². The summed E-state index contributed by atoms with van der Waals surface area (Å²) in [5, 5.41) is 5.11. The van der Waals surface area contributed by atoms with Crippen molar-refractivity contribution in [2.24, 2.45) is 5.84 Å². The number of benzene rings is 1. The van der Waals surface area contributed by atoms with Gasteiger partial charge in [-0.2, -0.15) is 5.10 Å². The molecule has 6 heteroatoms. The predicted octanol–water partition coefficient (Wildman–Crippen LogP) is 2.19. The van der Waals surface area contributed by atoms with Crippen molar-refractivity contribution in [3.8, 4) is 0 Å². The van der Waals surface area contributed by atoms with Gasteiger partial charge < -0.3 is 5.73 Å². The second kappa shape index (κ2) is 6.26. The highest BCUT2D eigenvalue weighted by Crippen LogP contribution is 2.28. The number of aryl methyl sites for hydroxylation is 2. The van der Waals surface area contributed by atoms with Gasteiger partial charge in [0.1, 0.15) is 0 Å². The van der Waals surface area contributed by atoms with Crippen LogP contribution in [0.3, 0.4) is 0 Å². The number of hydrogen-bond acceptors (Lipinski definition) is 4. The molecule has 1 aromatic carbocycles. The van der Waals surface area contributed by atoms with E-state index in [1.54, 1.807) is 0 Å². The molecule has 0 radical (unpaired) electrons. The van der Waals surface area contributed by atoms with E-state index in [1.807, 2.05) is 42.8 Å². The molecule has 2 aromatic rings. The minimum absolute atomic E-state index is 0.102.